The number of aryl methyl sites for hydroxylation is 1. The van der Waals surface area contributed by atoms with Crippen molar-refractivity contribution in [2.75, 3.05) is 18.9 Å². The minimum absolute atomic E-state index is 0.0894. The molecule has 184 valence electrons. The fourth-order valence-corrected chi connectivity index (χ4v) is 5.67. The first-order chi connectivity index (χ1) is 17.3. The van der Waals surface area contributed by atoms with E-state index in [0.29, 0.717) is 16.3 Å². The van der Waals surface area contributed by atoms with Gasteiger partial charge in [-0.1, -0.05) is 47.1 Å². The van der Waals surface area contributed by atoms with Gasteiger partial charge in [0.15, 0.2) is 16.3 Å². The smallest absolute Gasteiger partial charge is 0.281 e. The number of nitrogens with zero attached hydrogens (tertiary/aromatic N) is 2. The molecule has 4 aromatic rings. The Morgan fingerprint density at radius 2 is 1.75 bits per heavy atom. The monoisotopic (exact) mass is 521 g/mol. The molecule has 8 nitrogen and oxygen atoms in total. The van der Waals surface area contributed by atoms with E-state index < -0.39 is 15.9 Å². The number of benzene rings is 3. The third kappa shape index (κ3) is 4.98. The van der Waals surface area contributed by atoms with Gasteiger partial charge in [-0.15, -0.1) is 6.42 Å². The van der Waals surface area contributed by atoms with Crippen molar-refractivity contribution in [1.82, 2.24) is 4.57 Å². The van der Waals surface area contributed by atoms with Gasteiger partial charge >= 0.3 is 0 Å². The van der Waals surface area contributed by atoms with Crippen molar-refractivity contribution in [2.24, 2.45) is 4.99 Å². The summed E-state index contributed by atoms with van der Waals surface area (Å²) in [6.45, 7) is 2.04. The van der Waals surface area contributed by atoms with Crippen molar-refractivity contribution < 1.29 is 22.7 Å². The lowest BCUT2D eigenvalue weighted by molar-refractivity contribution is 0.0998. The summed E-state index contributed by atoms with van der Waals surface area (Å²) < 4.78 is 41.6. The van der Waals surface area contributed by atoms with E-state index >= 15 is 0 Å². The summed E-state index contributed by atoms with van der Waals surface area (Å²) in [6, 6.07) is 16.3. The second-order valence-corrected chi connectivity index (χ2v) is 10.4. The van der Waals surface area contributed by atoms with Crippen molar-refractivity contribution >= 4 is 43.2 Å². The van der Waals surface area contributed by atoms with Crippen LogP contribution in [0.5, 0.6) is 11.5 Å². The van der Waals surface area contributed by atoms with Crippen molar-refractivity contribution in [1.29, 1.82) is 0 Å². The Bertz CT molecular complexity index is 1660. The van der Waals surface area contributed by atoms with Crippen LogP contribution in [0.25, 0.3) is 10.2 Å². The van der Waals surface area contributed by atoms with Crippen LogP contribution in [0.3, 0.4) is 0 Å². The zero-order valence-electron chi connectivity index (χ0n) is 19.8. The number of anilines is 1. The standard InChI is InChI=1S/C26H23N3O5S2/c1-5-14-29-21-15-22(33-3)23(34-4)16-24(21)35-26(29)27-25(30)19-8-6-7-9-20(19)28-36(31,32)18-12-10-17(2)11-13-18/h1,6-13,15-16,28H,14H2,2-4H3. The summed E-state index contributed by atoms with van der Waals surface area (Å²) in [5.74, 6) is 3.01. The SMILES string of the molecule is C#CCn1c(=NC(=O)c2ccccc2NS(=O)(=O)c2ccc(C)cc2)sc2cc(OC)c(OC)cc21. The fraction of sp³-hybridized carbons (Fsp3) is 0.154. The highest BCUT2D eigenvalue weighted by atomic mass is 32.2. The van der Waals surface area contributed by atoms with Crippen molar-refractivity contribution in [3.8, 4) is 23.8 Å². The molecule has 0 saturated heterocycles. The topological polar surface area (TPSA) is 99.0 Å². The molecule has 0 spiro atoms. The predicted octanol–water partition coefficient (Wildman–Crippen LogP) is 4.20. The van der Waals surface area contributed by atoms with E-state index in [-0.39, 0.29) is 22.7 Å². The fourth-order valence-electron chi connectivity index (χ4n) is 3.55. The molecule has 1 aromatic heterocycles. The number of methoxy groups -OCH3 is 2. The van der Waals surface area contributed by atoms with Crippen LogP contribution in [-0.4, -0.2) is 33.1 Å². The van der Waals surface area contributed by atoms with Gasteiger partial charge in [0, 0.05) is 12.1 Å². The minimum atomic E-state index is -3.91. The van der Waals surface area contributed by atoms with E-state index in [9.17, 15) is 13.2 Å². The van der Waals surface area contributed by atoms with Gasteiger partial charge in [-0.2, -0.15) is 4.99 Å². The van der Waals surface area contributed by atoms with Crippen LogP contribution in [0.1, 0.15) is 15.9 Å². The maximum atomic E-state index is 13.3. The molecule has 1 heterocycles. The van der Waals surface area contributed by atoms with Crippen molar-refractivity contribution in [2.45, 2.75) is 18.4 Å². The van der Waals surface area contributed by atoms with Gasteiger partial charge in [0.05, 0.1) is 47.1 Å². The largest absolute Gasteiger partial charge is 0.493 e. The van der Waals surface area contributed by atoms with Crippen LogP contribution in [0, 0.1) is 19.3 Å². The second-order valence-electron chi connectivity index (χ2n) is 7.73. The van der Waals surface area contributed by atoms with Gasteiger partial charge in [-0.05, 0) is 31.2 Å². The summed E-state index contributed by atoms with van der Waals surface area (Å²) in [7, 11) is -0.842. The Labute approximate surface area is 212 Å². The molecule has 4 rings (SSSR count). The Kier molecular flexibility index (Phi) is 7.15. The predicted molar refractivity (Wildman–Crippen MR) is 140 cm³/mol. The van der Waals surface area contributed by atoms with Crippen LogP contribution >= 0.6 is 11.3 Å². The number of carbonyl (C=O) groups is 1. The van der Waals surface area contributed by atoms with Crippen molar-refractivity contribution in [3.05, 3.63) is 76.6 Å². The van der Waals surface area contributed by atoms with E-state index in [2.05, 4.69) is 15.6 Å². The quantitative estimate of drug-likeness (QED) is 0.368. The molecule has 0 saturated carbocycles. The normalized spacial score (nSPS) is 11.8. The van der Waals surface area contributed by atoms with Crippen LogP contribution in [0.15, 0.2) is 70.6 Å². The first-order valence-electron chi connectivity index (χ1n) is 10.7. The maximum absolute atomic E-state index is 13.3. The first kappa shape index (κ1) is 25.0. The number of nitrogens with one attached hydrogen (secondary N) is 1. The van der Waals surface area contributed by atoms with E-state index in [4.69, 9.17) is 15.9 Å². The number of aromatic nitrogens is 1. The van der Waals surface area contributed by atoms with E-state index in [1.165, 1.54) is 49.8 Å². The molecule has 0 fully saturated rings. The Morgan fingerprint density at radius 3 is 2.42 bits per heavy atom. The van der Waals surface area contributed by atoms with E-state index in [1.54, 1.807) is 41.0 Å². The molecule has 0 aliphatic carbocycles. The molecule has 0 bridgehead atoms. The molecule has 36 heavy (non-hydrogen) atoms. The van der Waals surface area contributed by atoms with Gasteiger partial charge in [0.1, 0.15) is 0 Å². The molecule has 0 aliphatic heterocycles. The minimum Gasteiger partial charge on any atom is -0.493 e. The summed E-state index contributed by atoms with van der Waals surface area (Å²) in [4.78, 5) is 18.0. The number of rotatable bonds is 7. The molecule has 0 unspecified atom stereocenters. The number of amides is 1. The highest BCUT2D eigenvalue weighted by Gasteiger charge is 2.19. The highest BCUT2D eigenvalue weighted by Crippen LogP contribution is 2.33. The number of terminal acetylenes is 1. The third-order valence-electron chi connectivity index (χ3n) is 5.37. The molecule has 1 amide bonds. The van der Waals surface area contributed by atoms with E-state index in [1.807, 2.05) is 6.92 Å². The number of hydrogen-bond donors (Lipinski definition) is 1. The molecular formula is C26H23N3O5S2. The molecule has 0 aliphatic rings. The summed E-state index contributed by atoms with van der Waals surface area (Å²) in [5.41, 5.74) is 1.89. The molecular weight excluding hydrogens is 498 g/mol. The van der Waals surface area contributed by atoms with E-state index in [0.717, 1.165) is 15.8 Å². The Balaban J connectivity index is 1.78. The zero-order chi connectivity index (χ0) is 25.9. The summed E-state index contributed by atoms with van der Waals surface area (Å²) >= 11 is 1.26. The van der Waals surface area contributed by atoms with Gasteiger partial charge in [-0.3, -0.25) is 9.52 Å². The van der Waals surface area contributed by atoms with Crippen LogP contribution in [0.2, 0.25) is 0 Å². The molecule has 3 aromatic carbocycles. The number of fused-ring (bicyclic) bond motifs is 1. The van der Waals surface area contributed by atoms with Crippen LogP contribution < -0.4 is 19.0 Å². The van der Waals surface area contributed by atoms with Crippen molar-refractivity contribution in [3.63, 3.8) is 0 Å². The number of ether oxygens (including phenoxy) is 2. The molecule has 0 radical (unpaired) electrons. The van der Waals surface area contributed by atoms with Gasteiger partial charge in [-0.25, -0.2) is 8.42 Å². The Morgan fingerprint density at radius 1 is 1.08 bits per heavy atom. The lowest BCUT2D eigenvalue weighted by Crippen LogP contribution is -2.18. The van der Waals surface area contributed by atoms with Crippen LogP contribution in [0.4, 0.5) is 5.69 Å². The highest BCUT2D eigenvalue weighted by molar-refractivity contribution is 7.92. The number of carbonyl (C=O) groups excluding carboxylic acids is 1. The number of sulfonamides is 1. The van der Waals surface area contributed by atoms with Crippen LogP contribution in [-0.2, 0) is 16.6 Å². The number of thiazole rings is 1. The number of hydrogen-bond acceptors (Lipinski definition) is 6. The summed E-state index contributed by atoms with van der Waals surface area (Å²) in [6.07, 6.45) is 5.58. The van der Waals surface area contributed by atoms with Gasteiger partial charge in [0.2, 0.25) is 0 Å². The second kappa shape index (κ2) is 10.3. The zero-order valence-corrected chi connectivity index (χ0v) is 21.4. The molecule has 0 atom stereocenters. The average molecular weight is 522 g/mol. The lowest BCUT2D eigenvalue weighted by atomic mass is 10.2. The number of para-hydroxylation sites is 1. The maximum Gasteiger partial charge on any atom is 0.281 e. The average Bonchev–Trinajstić information content (AvgIpc) is 3.19. The Hall–Kier alpha value is -4.07. The third-order valence-corrected chi connectivity index (χ3v) is 7.79. The molecule has 1 N–H and O–H groups in total. The first-order valence-corrected chi connectivity index (χ1v) is 13.0. The lowest BCUT2D eigenvalue weighted by Gasteiger charge is -2.11. The molecule has 10 heteroatoms. The van der Waals surface area contributed by atoms with Gasteiger partial charge < -0.3 is 14.0 Å². The summed E-state index contributed by atoms with van der Waals surface area (Å²) in [5, 5.41) is 0. The van der Waals surface area contributed by atoms with Gasteiger partial charge in [0.25, 0.3) is 15.9 Å².